The summed E-state index contributed by atoms with van der Waals surface area (Å²) in [4.78, 5) is 3.66. The van der Waals surface area contributed by atoms with E-state index in [4.69, 9.17) is 11.0 Å². The van der Waals surface area contributed by atoms with Crippen LogP contribution >= 0.6 is 15.9 Å². The highest BCUT2D eigenvalue weighted by atomic mass is 79.9. The number of halogens is 1. The quantitative estimate of drug-likeness (QED) is 0.347. The molecule has 0 saturated heterocycles. The Bertz CT molecular complexity index is 888. The Balaban J connectivity index is 1.89. The number of nitrogens with zero attached hydrogens (tertiary/aromatic N) is 2. The molecule has 2 atom stereocenters. The Kier molecular flexibility index (Phi) is 5.64. The summed E-state index contributed by atoms with van der Waals surface area (Å²) >= 11 is 3.71. The van der Waals surface area contributed by atoms with Crippen molar-refractivity contribution < 1.29 is 4.43 Å². The smallest absolute Gasteiger partial charge is 0.192 e. The fraction of sp³-hybridized carbons (Fsp3) is 0.591. The van der Waals surface area contributed by atoms with Gasteiger partial charge in [0.05, 0.1) is 6.57 Å². The van der Waals surface area contributed by atoms with Gasteiger partial charge in [0.25, 0.3) is 0 Å². The third-order valence-electron chi connectivity index (χ3n) is 6.48. The number of aryl methyl sites for hydroxylation is 1. The van der Waals surface area contributed by atoms with Crippen LogP contribution in [0.5, 0.6) is 0 Å². The normalized spacial score (nSPS) is 21.4. The molecule has 0 amide bonds. The van der Waals surface area contributed by atoms with Crippen molar-refractivity contribution in [2.45, 2.75) is 83.7 Å². The number of hydrogen-bond acceptors (Lipinski definition) is 1. The average molecular weight is 447 g/mol. The van der Waals surface area contributed by atoms with Gasteiger partial charge in [0.2, 0.25) is 0 Å². The lowest BCUT2D eigenvalue weighted by Crippen LogP contribution is -2.45. The van der Waals surface area contributed by atoms with Gasteiger partial charge in [-0.25, -0.2) is 4.85 Å². The molecule has 0 spiro atoms. The van der Waals surface area contributed by atoms with Crippen molar-refractivity contribution in [2.75, 3.05) is 0 Å². The van der Waals surface area contributed by atoms with Crippen LogP contribution < -0.4 is 0 Å². The molecule has 1 aromatic carbocycles. The summed E-state index contributed by atoms with van der Waals surface area (Å²) in [6.07, 6.45) is 7.20. The summed E-state index contributed by atoms with van der Waals surface area (Å²) in [5, 5.41) is 1.38. The van der Waals surface area contributed by atoms with Crippen molar-refractivity contribution in [1.29, 1.82) is 0 Å². The molecule has 5 heteroatoms. The van der Waals surface area contributed by atoms with Crippen LogP contribution in [0.3, 0.4) is 0 Å². The topological polar surface area (TPSA) is 18.5 Å². The highest BCUT2D eigenvalue weighted by Gasteiger charge is 2.40. The highest BCUT2D eigenvalue weighted by Crippen LogP contribution is 2.42. The van der Waals surface area contributed by atoms with E-state index in [2.05, 4.69) is 71.5 Å². The monoisotopic (exact) mass is 446 g/mol. The molecule has 1 heterocycles. The maximum absolute atomic E-state index is 7.38. The van der Waals surface area contributed by atoms with E-state index in [0.29, 0.717) is 12.1 Å². The summed E-state index contributed by atoms with van der Waals surface area (Å²) in [5.74, 6) is 0. The lowest BCUT2D eigenvalue weighted by atomic mass is 9.92. The van der Waals surface area contributed by atoms with Gasteiger partial charge in [0, 0.05) is 33.7 Å². The first-order valence-corrected chi connectivity index (χ1v) is 13.6. The second-order valence-electron chi connectivity index (χ2n) is 9.47. The minimum absolute atomic E-state index is 0.246. The Morgan fingerprint density at radius 1 is 1.26 bits per heavy atom. The molecule has 1 aliphatic rings. The van der Waals surface area contributed by atoms with E-state index < -0.39 is 8.32 Å². The van der Waals surface area contributed by atoms with Crippen molar-refractivity contribution in [1.82, 2.24) is 4.57 Å². The third kappa shape index (κ3) is 4.04. The van der Waals surface area contributed by atoms with Crippen LogP contribution in [-0.2, 0) is 4.43 Å². The zero-order chi connectivity index (χ0) is 20.0. The minimum atomic E-state index is -1.74. The fourth-order valence-corrected chi connectivity index (χ4v) is 5.78. The van der Waals surface area contributed by atoms with Gasteiger partial charge < -0.3 is 8.99 Å². The standard InChI is InChI=1S/C22H31BrN2OSi/c1-15-11-21-18(13-20(15)24-5)19(23)14-25(21)16-9-8-10-17(12-16)26-27(6,7)22(2,3)4/h11,13-14,16-17H,8-10,12H2,1-4,6-7H3/t16-,17-/m1/s1. The van der Waals surface area contributed by atoms with Gasteiger partial charge in [-0.2, -0.15) is 0 Å². The summed E-state index contributed by atoms with van der Waals surface area (Å²) in [5.41, 5.74) is 3.02. The maximum Gasteiger partial charge on any atom is 0.192 e. The second kappa shape index (κ2) is 7.38. The number of benzene rings is 1. The molecule has 1 saturated carbocycles. The first kappa shape index (κ1) is 20.6. The molecular formula is C22H31BrN2OSi. The van der Waals surface area contributed by atoms with E-state index >= 15 is 0 Å². The molecule has 1 aromatic heterocycles. The summed E-state index contributed by atoms with van der Waals surface area (Å²) in [7, 11) is -1.74. The Hall–Kier alpha value is -1.09. The van der Waals surface area contributed by atoms with E-state index in [1.54, 1.807) is 0 Å². The molecule has 146 valence electrons. The van der Waals surface area contributed by atoms with E-state index in [-0.39, 0.29) is 5.04 Å². The van der Waals surface area contributed by atoms with Crippen molar-refractivity contribution in [3.63, 3.8) is 0 Å². The van der Waals surface area contributed by atoms with Gasteiger partial charge in [-0.1, -0.05) is 20.8 Å². The summed E-state index contributed by atoms with van der Waals surface area (Å²) in [6, 6.07) is 4.65. The van der Waals surface area contributed by atoms with E-state index in [1.807, 2.05) is 13.0 Å². The zero-order valence-electron chi connectivity index (χ0n) is 17.4. The van der Waals surface area contributed by atoms with Crippen LogP contribution in [0.15, 0.2) is 22.8 Å². The van der Waals surface area contributed by atoms with Gasteiger partial charge in [0.15, 0.2) is 14.0 Å². The largest absolute Gasteiger partial charge is 0.414 e. The lowest BCUT2D eigenvalue weighted by molar-refractivity contribution is 0.113. The van der Waals surface area contributed by atoms with Gasteiger partial charge in [-0.15, -0.1) is 0 Å². The predicted octanol–water partition coefficient (Wildman–Crippen LogP) is 7.77. The molecule has 1 aliphatic carbocycles. The zero-order valence-corrected chi connectivity index (χ0v) is 20.0. The second-order valence-corrected chi connectivity index (χ2v) is 15.1. The number of hydrogen-bond donors (Lipinski definition) is 0. The van der Waals surface area contributed by atoms with Crippen molar-refractivity contribution in [3.05, 3.63) is 39.8 Å². The maximum atomic E-state index is 7.38. The molecular weight excluding hydrogens is 416 g/mol. The van der Waals surface area contributed by atoms with Crippen LogP contribution in [0.2, 0.25) is 18.1 Å². The van der Waals surface area contributed by atoms with Crippen LogP contribution in [0.1, 0.15) is 58.1 Å². The predicted molar refractivity (Wildman–Crippen MR) is 120 cm³/mol. The van der Waals surface area contributed by atoms with Crippen molar-refractivity contribution in [2.24, 2.45) is 0 Å². The molecule has 3 rings (SSSR count). The van der Waals surface area contributed by atoms with E-state index in [9.17, 15) is 0 Å². The van der Waals surface area contributed by atoms with Crippen molar-refractivity contribution in [3.8, 4) is 0 Å². The number of fused-ring (bicyclic) bond motifs is 1. The van der Waals surface area contributed by atoms with Gasteiger partial charge >= 0.3 is 0 Å². The van der Waals surface area contributed by atoms with Gasteiger partial charge in [-0.05, 0) is 84.4 Å². The average Bonchev–Trinajstić information content (AvgIpc) is 2.89. The van der Waals surface area contributed by atoms with Crippen molar-refractivity contribution >= 4 is 40.8 Å². The summed E-state index contributed by atoms with van der Waals surface area (Å²) < 4.78 is 10.2. The summed E-state index contributed by atoms with van der Waals surface area (Å²) in [6.45, 7) is 21.1. The number of rotatable bonds is 3. The fourth-order valence-electron chi connectivity index (χ4n) is 3.84. The molecule has 0 bridgehead atoms. The Morgan fingerprint density at radius 2 is 1.96 bits per heavy atom. The Morgan fingerprint density at radius 3 is 2.59 bits per heavy atom. The van der Waals surface area contributed by atoms with Crippen LogP contribution in [0, 0.1) is 13.5 Å². The van der Waals surface area contributed by atoms with E-state index in [0.717, 1.165) is 27.5 Å². The highest BCUT2D eigenvalue weighted by molar-refractivity contribution is 9.10. The van der Waals surface area contributed by atoms with Gasteiger partial charge in [0.1, 0.15) is 0 Å². The number of aromatic nitrogens is 1. The third-order valence-corrected chi connectivity index (χ3v) is 11.6. The SMILES string of the molecule is [C-]#[N+]c1cc2c(Br)cn([C@@H]3CCC[C@@H](O[Si](C)(C)C(C)(C)C)C3)c2cc1C. The molecule has 2 aromatic rings. The molecule has 0 unspecified atom stereocenters. The molecule has 27 heavy (non-hydrogen) atoms. The molecule has 0 N–H and O–H groups in total. The lowest BCUT2D eigenvalue weighted by Gasteiger charge is -2.42. The minimum Gasteiger partial charge on any atom is -0.414 e. The first-order chi connectivity index (χ1) is 12.5. The molecule has 1 fully saturated rings. The molecule has 0 aliphatic heterocycles. The Labute approximate surface area is 173 Å². The molecule has 3 nitrogen and oxygen atoms in total. The van der Waals surface area contributed by atoms with E-state index in [1.165, 1.54) is 24.8 Å². The van der Waals surface area contributed by atoms with Crippen LogP contribution in [0.4, 0.5) is 5.69 Å². The molecule has 0 radical (unpaired) electrons. The first-order valence-electron chi connectivity index (χ1n) is 9.89. The van der Waals surface area contributed by atoms with Crippen LogP contribution in [-0.4, -0.2) is 19.0 Å². The van der Waals surface area contributed by atoms with Gasteiger partial charge in [-0.3, -0.25) is 0 Å². The van der Waals surface area contributed by atoms with Crippen LogP contribution in [0.25, 0.3) is 15.7 Å².